The summed E-state index contributed by atoms with van der Waals surface area (Å²) in [5.41, 5.74) is 2.56. The Kier molecular flexibility index (Phi) is 4.56. The third kappa shape index (κ3) is 2.88. The first-order chi connectivity index (χ1) is 15.5. The monoisotopic (exact) mass is 427 g/mol. The highest BCUT2D eigenvalue weighted by atomic mass is 16.5. The SMILES string of the molecule is C#CCOC(=O)C1=C(C)NC2=C(C(=O)OC2)C1c1cccc2c(=O)c3ccccc3oc12. The summed E-state index contributed by atoms with van der Waals surface area (Å²) in [6.07, 6.45) is 5.25. The summed E-state index contributed by atoms with van der Waals surface area (Å²) < 4.78 is 16.6. The summed E-state index contributed by atoms with van der Waals surface area (Å²) in [5.74, 6) is 0.211. The van der Waals surface area contributed by atoms with Gasteiger partial charge in [0, 0.05) is 11.3 Å². The fraction of sp³-hybridized carbons (Fsp3) is 0.160. The van der Waals surface area contributed by atoms with Gasteiger partial charge >= 0.3 is 11.9 Å². The number of nitrogens with one attached hydrogen (secondary N) is 1. The Morgan fingerprint density at radius 2 is 1.97 bits per heavy atom. The van der Waals surface area contributed by atoms with Crippen molar-refractivity contribution in [1.82, 2.24) is 5.32 Å². The highest BCUT2D eigenvalue weighted by Gasteiger charge is 2.43. The van der Waals surface area contributed by atoms with Gasteiger partial charge in [0.2, 0.25) is 5.43 Å². The Bertz CT molecular complexity index is 1480. The van der Waals surface area contributed by atoms with Gasteiger partial charge in [-0.05, 0) is 25.1 Å². The van der Waals surface area contributed by atoms with Crippen molar-refractivity contribution in [2.45, 2.75) is 12.8 Å². The maximum Gasteiger partial charge on any atom is 0.337 e. The molecule has 0 bridgehead atoms. The molecule has 2 aliphatic rings. The average molecular weight is 427 g/mol. The first-order valence-corrected chi connectivity index (χ1v) is 9.94. The molecule has 2 aliphatic heterocycles. The third-order valence-corrected chi connectivity index (χ3v) is 5.66. The van der Waals surface area contributed by atoms with E-state index < -0.39 is 17.9 Å². The van der Waals surface area contributed by atoms with Crippen molar-refractivity contribution < 1.29 is 23.5 Å². The van der Waals surface area contributed by atoms with Crippen molar-refractivity contribution in [3.8, 4) is 12.3 Å². The summed E-state index contributed by atoms with van der Waals surface area (Å²) in [6, 6.07) is 12.0. The summed E-state index contributed by atoms with van der Waals surface area (Å²) in [4.78, 5) is 38.8. The quantitative estimate of drug-likeness (QED) is 0.390. The number of benzene rings is 2. The second kappa shape index (κ2) is 7.43. The smallest absolute Gasteiger partial charge is 0.337 e. The average Bonchev–Trinajstić information content (AvgIpc) is 3.16. The zero-order valence-electron chi connectivity index (χ0n) is 17.1. The fourth-order valence-corrected chi connectivity index (χ4v) is 4.31. The van der Waals surface area contributed by atoms with E-state index in [9.17, 15) is 14.4 Å². The molecule has 158 valence electrons. The molecule has 0 spiro atoms. The highest BCUT2D eigenvalue weighted by Crippen LogP contribution is 2.43. The number of hydrogen-bond donors (Lipinski definition) is 1. The van der Waals surface area contributed by atoms with E-state index >= 15 is 0 Å². The predicted octanol–water partition coefficient (Wildman–Crippen LogP) is 2.89. The molecule has 0 aliphatic carbocycles. The van der Waals surface area contributed by atoms with E-state index in [2.05, 4.69) is 11.2 Å². The van der Waals surface area contributed by atoms with Crippen molar-refractivity contribution in [3.05, 3.63) is 80.8 Å². The molecule has 1 unspecified atom stereocenters. The van der Waals surface area contributed by atoms with Crippen LogP contribution in [0.25, 0.3) is 21.9 Å². The van der Waals surface area contributed by atoms with Crippen LogP contribution in [0.3, 0.4) is 0 Å². The Morgan fingerprint density at radius 3 is 2.78 bits per heavy atom. The first kappa shape index (κ1) is 19.6. The molecule has 0 radical (unpaired) electrons. The fourth-order valence-electron chi connectivity index (χ4n) is 4.31. The van der Waals surface area contributed by atoms with Crippen LogP contribution in [0.1, 0.15) is 18.4 Å². The number of hydrogen-bond acceptors (Lipinski definition) is 7. The number of carbonyl (C=O) groups excluding carboxylic acids is 2. The van der Waals surface area contributed by atoms with E-state index in [4.69, 9.17) is 20.3 Å². The van der Waals surface area contributed by atoms with Crippen molar-refractivity contribution in [3.63, 3.8) is 0 Å². The number of terminal acetylenes is 1. The minimum absolute atomic E-state index is 0.0618. The molecule has 1 atom stereocenters. The standard InChI is InChI=1S/C25H17NO6/c1-3-11-30-24(28)19-13(2)26-17-12-31-25(29)21(17)20(19)15-8-6-9-16-22(27)14-7-4-5-10-18(14)32-23(15)16/h1,4-10,20,26H,11-12H2,2H3. The summed E-state index contributed by atoms with van der Waals surface area (Å²) in [7, 11) is 0. The van der Waals surface area contributed by atoms with Gasteiger partial charge in [-0.25, -0.2) is 9.59 Å². The Labute approximate surface area is 182 Å². The van der Waals surface area contributed by atoms with Crippen LogP contribution in [0.5, 0.6) is 0 Å². The van der Waals surface area contributed by atoms with E-state index in [-0.39, 0.29) is 29.8 Å². The number of allylic oxidation sites excluding steroid dienone is 1. The minimum atomic E-state index is -0.848. The predicted molar refractivity (Wildman–Crippen MR) is 116 cm³/mol. The van der Waals surface area contributed by atoms with E-state index in [0.717, 1.165) is 0 Å². The molecule has 0 saturated heterocycles. The molecule has 3 aromatic rings. The first-order valence-electron chi connectivity index (χ1n) is 9.94. The second-order valence-electron chi connectivity index (χ2n) is 7.50. The molecule has 7 heteroatoms. The molecular weight excluding hydrogens is 410 g/mol. The van der Waals surface area contributed by atoms with E-state index in [1.54, 1.807) is 49.4 Å². The van der Waals surface area contributed by atoms with Gasteiger partial charge in [-0.15, -0.1) is 6.42 Å². The van der Waals surface area contributed by atoms with Gasteiger partial charge in [0.05, 0.1) is 33.5 Å². The Balaban J connectivity index is 1.81. The topological polar surface area (TPSA) is 94.8 Å². The van der Waals surface area contributed by atoms with Gasteiger partial charge in [-0.3, -0.25) is 4.79 Å². The van der Waals surface area contributed by atoms with Gasteiger partial charge < -0.3 is 19.2 Å². The number of cyclic esters (lactones) is 1. The van der Waals surface area contributed by atoms with E-state index in [1.165, 1.54) is 0 Å². The molecule has 1 aromatic heterocycles. The normalized spacial score (nSPS) is 17.8. The zero-order valence-corrected chi connectivity index (χ0v) is 17.1. The molecule has 0 fully saturated rings. The van der Waals surface area contributed by atoms with Crippen molar-refractivity contribution in [1.29, 1.82) is 0 Å². The Hall–Kier alpha value is -4.31. The maximum absolute atomic E-state index is 13.1. The number of esters is 2. The molecule has 0 saturated carbocycles. The number of carbonyl (C=O) groups is 2. The lowest BCUT2D eigenvalue weighted by Crippen LogP contribution is -2.30. The number of para-hydroxylation sites is 2. The second-order valence-corrected chi connectivity index (χ2v) is 7.50. The van der Waals surface area contributed by atoms with Crippen molar-refractivity contribution >= 4 is 33.9 Å². The van der Waals surface area contributed by atoms with E-state index in [0.29, 0.717) is 38.9 Å². The van der Waals surface area contributed by atoms with Crippen LogP contribution in [0.2, 0.25) is 0 Å². The van der Waals surface area contributed by atoms with Crippen LogP contribution in [0.15, 0.2) is 74.2 Å². The highest BCUT2D eigenvalue weighted by molar-refractivity contribution is 6.03. The maximum atomic E-state index is 13.1. The van der Waals surface area contributed by atoms with Crippen LogP contribution in [0, 0.1) is 12.3 Å². The van der Waals surface area contributed by atoms with Crippen LogP contribution in [-0.4, -0.2) is 25.2 Å². The molecule has 1 N–H and O–H groups in total. The van der Waals surface area contributed by atoms with E-state index in [1.807, 2.05) is 0 Å². The molecular formula is C25H17NO6. The summed E-state index contributed by atoms with van der Waals surface area (Å²) in [6.45, 7) is 1.56. The molecule has 32 heavy (non-hydrogen) atoms. The number of fused-ring (bicyclic) bond motifs is 2. The van der Waals surface area contributed by atoms with Gasteiger partial charge in [-0.1, -0.05) is 30.2 Å². The summed E-state index contributed by atoms with van der Waals surface area (Å²) >= 11 is 0. The molecule has 7 nitrogen and oxygen atoms in total. The summed E-state index contributed by atoms with van der Waals surface area (Å²) in [5, 5.41) is 3.87. The Morgan fingerprint density at radius 1 is 1.19 bits per heavy atom. The largest absolute Gasteiger partial charge is 0.456 e. The van der Waals surface area contributed by atoms with Gasteiger partial charge in [0.25, 0.3) is 0 Å². The molecule has 5 rings (SSSR count). The lowest BCUT2D eigenvalue weighted by atomic mass is 9.80. The van der Waals surface area contributed by atoms with Crippen LogP contribution >= 0.6 is 0 Å². The van der Waals surface area contributed by atoms with Crippen molar-refractivity contribution in [2.75, 3.05) is 13.2 Å². The number of ether oxygens (including phenoxy) is 2. The van der Waals surface area contributed by atoms with Gasteiger partial charge in [0.1, 0.15) is 17.8 Å². The number of dihydropyridines is 1. The molecule has 2 aromatic carbocycles. The van der Waals surface area contributed by atoms with Crippen LogP contribution < -0.4 is 10.7 Å². The van der Waals surface area contributed by atoms with Crippen LogP contribution in [-0.2, 0) is 19.1 Å². The minimum Gasteiger partial charge on any atom is -0.456 e. The lowest BCUT2D eigenvalue weighted by molar-refractivity contribution is -0.138. The van der Waals surface area contributed by atoms with Crippen molar-refractivity contribution in [2.24, 2.45) is 0 Å². The third-order valence-electron chi connectivity index (χ3n) is 5.66. The van der Waals surface area contributed by atoms with Crippen LogP contribution in [0.4, 0.5) is 0 Å². The lowest BCUT2D eigenvalue weighted by Gasteiger charge is -2.27. The molecule has 0 amide bonds. The molecule has 3 heterocycles. The zero-order chi connectivity index (χ0) is 22.4. The number of rotatable bonds is 3. The van der Waals surface area contributed by atoms with Gasteiger partial charge in [-0.2, -0.15) is 0 Å². The van der Waals surface area contributed by atoms with Gasteiger partial charge in [0.15, 0.2) is 6.61 Å².